The number of rotatable bonds is 0. The van der Waals surface area contributed by atoms with Gasteiger partial charge in [0.2, 0.25) is 0 Å². The molecule has 21 nitrogen and oxygen atoms in total. The van der Waals surface area contributed by atoms with E-state index in [0.717, 1.165) is 84.2 Å². The van der Waals surface area contributed by atoms with Crippen LogP contribution in [0.25, 0.3) is 0 Å². The largest absolute Gasteiger partial charge is 0.379 e. The van der Waals surface area contributed by atoms with Gasteiger partial charge in [-0.2, -0.15) is 0 Å². The topological polar surface area (TPSA) is 133 Å². The summed E-state index contributed by atoms with van der Waals surface area (Å²) in [6, 6.07) is 5.14. The Labute approximate surface area is 583 Å². The van der Waals surface area contributed by atoms with Crippen LogP contribution in [0, 0.1) is 0 Å². The molecule has 14 aliphatic heterocycles. The van der Waals surface area contributed by atoms with Gasteiger partial charge < -0.3 is 100 Å². The summed E-state index contributed by atoms with van der Waals surface area (Å²) in [5.74, 6) is 0. The molecule has 14 saturated heterocycles. The number of nitrogens with one attached hydrogen (secondary N) is 6. The Morgan fingerprint density at radius 3 is 0.989 bits per heavy atom. The van der Waals surface area contributed by atoms with E-state index in [1.807, 2.05) is 0 Å². The summed E-state index contributed by atoms with van der Waals surface area (Å²) in [5, 5.41) is 20.2. The third kappa shape index (κ3) is 48.9. The number of morpholine rings is 2. The molecule has 9 atom stereocenters. The fourth-order valence-corrected chi connectivity index (χ4v) is 13.5. The molecular weight excluding hydrogens is 1170 g/mol. The summed E-state index contributed by atoms with van der Waals surface area (Å²) in [6.07, 6.45) is 16.4. The molecule has 0 aromatic heterocycles. The number of nitrogens with zero attached hydrogens (tertiary/aromatic N) is 13. The molecule has 14 fully saturated rings. The van der Waals surface area contributed by atoms with E-state index in [4.69, 9.17) is 9.47 Å². The Hall–Kier alpha value is -0.840. The second-order valence-corrected chi connectivity index (χ2v) is 30.8. The lowest BCUT2D eigenvalue weighted by molar-refractivity contribution is -0.0602. The number of hydrogen-bond acceptors (Lipinski definition) is 21. The molecule has 14 heterocycles. The zero-order valence-corrected chi connectivity index (χ0v) is 65.9. The molecule has 0 saturated carbocycles. The van der Waals surface area contributed by atoms with Crippen molar-refractivity contribution in [2.45, 2.75) is 174 Å². The van der Waals surface area contributed by atoms with Crippen LogP contribution in [-0.2, 0) is 9.47 Å². The second kappa shape index (κ2) is 55.8. The van der Waals surface area contributed by atoms with E-state index < -0.39 is 0 Å². The third-order valence-electron chi connectivity index (χ3n) is 20.1. The van der Waals surface area contributed by atoms with Crippen molar-refractivity contribution >= 4 is 0 Å². The number of piperidine rings is 2. The fraction of sp³-hybridized carbons (Fsp3) is 1.00. The number of likely N-dealkylation sites (N-methyl/N-ethyl adjacent to an activating group) is 10. The summed E-state index contributed by atoms with van der Waals surface area (Å²) < 4.78 is 10.6. The summed E-state index contributed by atoms with van der Waals surface area (Å²) in [7, 11) is 28.2. The molecule has 94 heavy (non-hydrogen) atoms. The van der Waals surface area contributed by atoms with Crippen molar-refractivity contribution in [1.82, 2.24) is 95.6 Å². The van der Waals surface area contributed by atoms with Gasteiger partial charge in [-0.05, 0) is 244 Å². The molecule has 0 radical (unpaired) electrons. The van der Waals surface area contributed by atoms with Gasteiger partial charge in [0, 0.05) is 193 Å². The SMILES string of the molecule is CC1CN(C)C(C)CN1.CC1CN(C)CC(C)N1.CC1CN(C)CC(C)O1.CC1CN(C)CCN1.CN1C2CNCC1C2.CN1CCCC1.CN1CCCCC1.CN1CCCCCC1.CN1CCCNCC1.CN1CCN(C)CC1.CN1CCNCC1.CN1CCOCC1. The molecule has 2 bridgehead atoms. The first kappa shape index (κ1) is 89.2. The van der Waals surface area contributed by atoms with Crippen LogP contribution < -0.4 is 31.9 Å². The average molecular weight is 1340 g/mol. The molecule has 0 spiro atoms. The highest BCUT2D eigenvalue weighted by atomic mass is 16.5. The first-order valence-corrected chi connectivity index (χ1v) is 38.4. The summed E-state index contributed by atoms with van der Waals surface area (Å²) in [5.41, 5.74) is 0. The van der Waals surface area contributed by atoms with E-state index in [1.165, 1.54) is 215 Å². The van der Waals surface area contributed by atoms with Gasteiger partial charge in [0.25, 0.3) is 0 Å². The maximum Gasteiger partial charge on any atom is 0.0678 e. The van der Waals surface area contributed by atoms with Gasteiger partial charge >= 0.3 is 0 Å². The highest BCUT2D eigenvalue weighted by molar-refractivity contribution is 4.97. The predicted octanol–water partition coefficient (Wildman–Crippen LogP) is 3.45. The van der Waals surface area contributed by atoms with Gasteiger partial charge in [0.1, 0.15) is 0 Å². The van der Waals surface area contributed by atoms with E-state index >= 15 is 0 Å². The van der Waals surface area contributed by atoms with E-state index in [2.05, 4.69) is 236 Å². The van der Waals surface area contributed by atoms with E-state index in [9.17, 15) is 0 Å². The summed E-state index contributed by atoms with van der Waals surface area (Å²) >= 11 is 0. The van der Waals surface area contributed by atoms with Crippen molar-refractivity contribution in [3.63, 3.8) is 0 Å². The Morgan fingerprint density at radius 2 is 0.649 bits per heavy atom. The Balaban J connectivity index is 0.000000350. The van der Waals surface area contributed by atoms with Crippen LogP contribution in [0.15, 0.2) is 0 Å². The zero-order chi connectivity index (χ0) is 69.5. The van der Waals surface area contributed by atoms with Crippen molar-refractivity contribution in [3.8, 4) is 0 Å². The van der Waals surface area contributed by atoms with Crippen molar-refractivity contribution in [2.24, 2.45) is 0 Å². The van der Waals surface area contributed by atoms with Crippen LogP contribution in [0.5, 0.6) is 0 Å². The lowest BCUT2D eigenvalue weighted by Gasteiger charge is -2.51. The summed E-state index contributed by atoms with van der Waals surface area (Å²) in [6.45, 7) is 54.6. The maximum atomic E-state index is 5.51. The fourth-order valence-electron chi connectivity index (χ4n) is 13.5. The Morgan fingerprint density at radius 1 is 0.287 bits per heavy atom. The molecule has 9 unspecified atom stereocenters. The number of fused-ring (bicyclic) bond motifs is 2. The molecule has 6 N–H and O–H groups in total. The lowest BCUT2D eigenvalue weighted by atomic mass is 9.90. The van der Waals surface area contributed by atoms with Gasteiger partial charge in [-0.1, -0.05) is 19.3 Å². The van der Waals surface area contributed by atoms with E-state index in [0.29, 0.717) is 42.4 Å². The van der Waals surface area contributed by atoms with Crippen molar-refractivity contribution in [3.05, 3.63) is 0 Å². The van der Waals surface area contributed by atoms with Crippen molar-refractivity contribution < 1.29 is 9.47 Å². The van der Waals surface area contributed by atoms with Crippen LogP contribution in [-0.4, -0.2) is 426 Å². The second-order valence-electron chi connectivity index (χ2n) is 30.8. The van der Waals surface area contributed by atoms with Gasteiger partial charge in [-0.3, -0.25) is 4.90 Å². The minimum absolute atomic E-state index is 0.416. The zero-order valence-electron chi connectivity index (χ0n) is 65.9. The molecular formula is C73H163N19O2. The minimum Gasteiger partial charge on any atom is -0.379 e. The first-order chi connectivity index (χ1) is 44.9. The molecule has 562 valence electrons. The molecule has 21 heteroatoms. The molecule has 0 aliphatic carbocycles. The van der Waals surface area contributed by atoms with Crippen LogP contribution in [0.2, 0.25) is 0 Å². The van der Waals surface area contributed by atoms with E-state index in [-0.39, 0.29) is 0 Å². The standard InChI is InChI=1S/2C7H16N2.C7H15NO.C7H15N.C6H12N2.3C6H14N2.C6H13N.C5H12N2.C5H11NO.C5H11N/c1-6-5-9(3)7(2)4-8-6;1-6-4-9(3)5-7(2)8-6;1-6-4-8(3)5-7(2)9-6;1-8-6-4-2-3-5-7-8;1-8-5-2-6(8)4-7-3-5;1-7-3-5-8(2)6-4-7;1-6-5-8(2)4-3-7-6;1-8-5-2-3-7-4-6-8;1-7-5-3-2-4-6-7;1-7-4-2-6-3-5-7;1-6-2-4-7-5-3-6;1-6-4-2-3-5-6/h2*6-8H,4-5H2,1-3H3;6-7H,4-5H2,1-3H3;2-7H2,1H3;5-7H,2-4H2,1H3;3-6H2,1-2H3;6-7H,3-5H2,1-2H3;7H,2-6H2,1H3;2-6H2,1H3;6H,2-5H2,1H3;2-5H2,1H3;2-5H2,1H3. The van der Waals surface area contributed by atoms with Crippen LogP contribution in [0.4, 0.5) is 0 Å². The highest BCUT2D eigenvalue weighted by Crippen LogP contribution is 2.25. The molecule has 0 amide bonds. The predicted molar refractivity (Wildman–Crippen MR) is 407 cm³/mol. The normalized spacial score (nSPS) is 31.7. The number of likely N-dealkylation sites (tertiary alicyclic amines) is 3. The lowest BCUT2D eigenvalue weighted by Crippen LogP contribution is -2.66. The average Bonchev–Trinajstić information content (AvgIpc) is 0.875. The monoisotopic (exact) mass is 1340 g/mol. The molecule has 14 rings (SSSR count). The van der Waals surface area contributed by atoms with Gasteiger partial charge in [-0.15, -0.1) is 0 Å². The van der Waals surface area contributed by atoms with Gasteiger partial charge in [0.15, 0.2) is 0 Å². The first-order valence-electron chi connectivity index (χ1n) is 38.4. The smallest absolute Gasteiger partial charge is 0.0678 e. The molecule has 14 aliphatic rings. The number of hydrogen-bond donors (Lipinski definition) is 6. The van der Waals surface area contributed by atoms with Gasteiger partial charge in [0.05, 0.1) is 25.4 Å². The molecule has 0 aromatic rings. The Bertz CT molecular complexity index is 1500. The maximum absolute atomic E-state index is 5.51. The molecule has 0 aromatic carbocycles. The number of ether oxygens (including phenoxy) is 2. The summed E-state index contributed by atoms with van der Waals surface area (Å²) in [4.78, 5) is 30.7. The van der Waals surface area contributed by atoms with Crippen LogP contribution in [0.3, 0.4) is 0 Å². The minimum atomic E-state index is 0.416. The Kier molecular flexibility index (Phi) is 53.0. The van der Waals surface area contributed by atoms with Crippen LogP contribution in [0.1, 0.15) is 119 Å². The van der Waals surface area contributed by atoms with Crippen molar-refractivity contribution in [2.75, 3.05) is 308 Å². The number of piperazine rings is 6. The quantitative estimate of drug-likeness (QED) is 0.212. The highest BCUT2D eigenvalue weighted by Gasteiger charge is 2.38. The van der Waals surface area contributed by atoms with Crippen molar-refractivity contribution in [1.29, 1.82) is 0 Å². The van der Waals surface area contributed by atoms with Crippen LogP contribution >= 0.6 is 0 Å². The third-order valence-corrected chi connectivity index (χ3v) is 20.1. The van der Waals surface area contributed by atoms with E-state index in [1.54, 1.807) is 0 Å². The van der Waals surface area contributed by atoms with Gasteiger partial charge in [-0.25, -0.2) is 0 Å².